The topological polar surface area (TPSA) is 113 Å². The van der Waals surface area contributed by atoms with Crippen LogP contribution in [-0.2, 0) is 14.8 Å². The van der Waals surface area contributed by atoms with Crippen molar-refractivity contribution in [2.24, 2.45) is 5.92 Å². The van der Waals surface area contributed by atoms with Crippen molar-refractivity contribution in [2.75, 3.05) is 38.4 Å². The van der Waals surface area contributed by atoms with Crippen LogP contribution >= 0.6 is 0 Å². The summed E-state index contributed by atoms with van der Waals surface area (Å²) in [5.74, 6) is 0.500. The molecule has 2 atom stereocenters. The standard InChI is InChI=1S/C12H18N6O3S/c1-18(2)22(19,20)5-8-3-21-4-9(8)17-12-10-11(14-6-13-10)15-7-16-12/h6-9H,3-5H2,1-2H3,(H2,13,14,15,16,17)/t8-,9-/m0/s1. The number of sulfonamides is 1. The zero-order valence-electron chi connectivity index (χ0n) is 12.4. The van der Waals surface area contributed by atoms with Crippen LogP contribution in [0.2, 0.25) is 0 Å². The molecule has 1 saturated heterocycles. The molecule has 0 spiro atoms. The Hall–Kier alpha value is -1.78. The van der Waals surface area contributed by atoms with Crippen molar-refractivity contribution in [1.29, 1.82) is 0 Å². The number of imidazole rings is 1. The molecule has 0 aliphatic carbocycles. The lowest BCUT2D eigenvalue weighted by Gasteiger charge is -2.21. The largest absolute Gasteiger partial charge is 0.379 e. The van der Waals surface area contributed by atoms with E-state index < -0.39 is 10.0 Å². The number of aromatic nitrogens is 4. The van der Waals surface area contributed by atoms with Gasteiger partial charge in [-0.1, -0.05) is 0 Å². The highest BCUT2D eigenvalue weighted by atomic mass is 32.2. The van der Waals surface area contributed by atoms with Crippen LogP contribution in [0.25, 0.3) is 11.2 Å². The predicted octanol–water partition coefficient (Wildman–Crippen LogP) is -0.329. The molecule has 0 saturated carbocycles. The maximum atomic E-state index is 12.1. The van der Waals surface area contributed by atoms with Crippen LogP contribution in [0.3, 0.4) is 0 Å². The molecule has 10 heteroatoms. The minimum atomic E-state index is -3.28. The molecule has 1 aliphatic rings. The number of ether oxygens (including phenoxy) is 1. The highest BCUT2D eigenvalue weighted by molar-refractivity contribution is 7.89. The average Bonchev–Trinajstić information content (AvgIpc) is 3.08. The molecule has 0 unspecified atom stereocenters. The average molecular weight is 326 g/mol. The highest BCUT2D eigenvalue weighted by Crippen LogP contribution is 2.23. The van der Waals surface area contributed by atoms with E-state index in [1.165, 1.54) is 24.7 Å². The molecule has 1 fully saturated rings. The van der Waals surface area contributed by atoms with Crippen LogP contribution in [-0.4, -0.2) is 71.8 Å². The highest BCUT2D eigenvalue weighted by Gasteiger charge is 2.33. The quantitative estimate of drug-likeness (QED) is 0.773. The number of hydrogen-bond acceptors (Lipinski definition) is 7. The Morgan fingerprint density at radius 1 is 1.36 bits per heavy atom. The molecule has 1 aliphatic heterocycles. The molecule has 2 aromatic rings. The molecule has 0 bridgehead atoms. The van der Waals surface area contributed by atoms with Crippen molar-refractivity contribution in [2.45, 2.75) is 6.04 Å². The van der Waals surface area contributed by atoms with Crippen LogP contribution in [0.4, 0.5) is 5.82 Å². The minimum Gasteiger partial charge on any atom is -0.379 e. The van der Waals surface area contributed by atoms with Gasteiger partial charge in [-0.2, -0.15) is 0 Å². The maximum absolute atomic E-state index is 12.1. The van der Waals surface area contributed by atoms with Gasteiger partial charge in [0.15, 0.2) is 11.5 Å². The van der Waals surface area contributed by atoms with E-state index in [2.05, 4.69) is 25.3 Å². The van der Waals surface area contributed by atoms with Gasteiger partial charge in [0, 0.05) is 20.0 Å². The van der Waals surface area contributed by atoms with E-state index in [-0.39, 0.29) is 17.7 Å². The Balaban J connectivity index is 1.78. The summed E-state index contributed by atoms with van der Waals surface area (Å²) in [5.41, 5.74) is 1.26. The molecule has 9 nitrogen and oxygen atoms in total. The summed E-state index contributed by atoms with van der Waals surface area (Å²) in [6.07, 6.45) is 2.97. The Bertz CT molecular complexity index is 759. The van der Waals surface area contributed by atoms with E-state index in [1.54, 1.807) is 6.33 Å². The summed E-state index contributed by atoms with van der Waals surface area (Å²) >= 11 is 0. The van der Waals surface area contributed by atoms with Crippen LogP contribution in [0.1, 0.15) is 0 Å². The first-order chi connectivity index (χ1) is 10.5. The van der Waals surface area contributed by atoms with Crippen molar-refractivity contribution in [3.8, 4) is 0 Å². The second-order valence-electron chi connectivity index (χ2n) is 5.43. The summed E-state index contributed by atoms with van der Waals surface area (Å²) in [6, 6.07) is -0.129. The van der Waals surface area contributed by atoms with Crippen LogP contribution in [0, 0.1) is 5.92 Å². The van der Waals surface area contributed by atoms with Gasteiger partial charge < -0.3 is 15.0 Å². The molecule has 2 N–H and O–H groups in total. The van der Waals surface area contributed by atoms with Gasteiger partial charge >= 0.3 is 0 Å². The fraction of sp³-hybridized carbons (Fsp3) is 0.583. The predicted molar refractivity (Wildman–Crippen MR) is 80.9 cm³/mol. The molecular weight excluding hydrogens is 308 g/mol. The lowest BCUT2D eigenvalue weighted by atomic mass is 10.1. The Kier molecular flexibility index (Phi) is 3.98. The van der Waals surface area contributed by atoms with E-state index in [0.717, 1.165) is 0 Å². The van der Waals surface area contributed by atoms with Crippen molar-refractivity contribution in [3.63, 3.8) is 0 Å². The normalized spacial score (nSPS) is 22.5. The number of fused-ring (bicyclic) bond motifs is 1. The molecular formula is C12H18N6O3S. The summed E-state index contributed by atoms with van der Waals surface area (Å²) in [7, 11) is -0.210. The summed E-state index contributed by atoms with van der Waals surface area (Å²) in [6.45, 7) is 0.842. The van der Waals surface area contributed by atoms with Crippen molar-refractivity contribution < 1.29 is 13.2 Å². The number of H-pyrrole nitrogens is 1. The minimum absolute atomic E-state index is 0.0366. The third-order valence-corrected chi connectivity index (χ3v) is 5.69. The zero-order valence-corrected chi connectivity index (χ0v) is 13.2. The van der Waals surface area contributed by atoms with E-state index in [4.69, 9.17) is 4.74 Å². The SMILES string of the molecule is CN(C)S(=O)(=O)C[C@@H]1COC[C@@H]1Nc1ncnc2nc[nH]c12. The first-order valence-electron chi connectivity index (χ1n) is 6.86. The Labute approximate surface area is 128 Å². The van der Waals surface area contributed by atoms with Crippen LogP contribution in [0.15, 0.2) is 12.7 Å². The molecule has 2 aromatic heterocycles. The molecule has 3 rings (SSSR count). The third kappa shape index (κ3) is 2.89. The van der Waals surface area contributed by atoms with Gasteiger partial charge in [0.05, 0.1) is 31.3 Å². The van der Waals surface area contributed by atoms with Crippen molar-refractivity contribution in [3.05, 3.63) is 12.7 Å². The van der Waals surface area contributed by atoms with Crippen LogP contribution < -0.4 is 5.32 Å². The summed E-state index contributed by atoms with van der Waals surface area (Å²) < 4.78 is 30.8. The van der Waals surface area contributed by atoms with Gasteiger partial charge in [0.2, 0.25) is 10.0 Å². The van der Waals surface area contributed by atoms with E-state index in [0.29, 0.717) is 30.2 Å². The lowest BCUT2D eigenvalue weighted by molar-refractivity contribution is 0.187. The summed E-state index contributed by atoms with van der Waals surface area (Å²) in [5, 5.41) is 3.25. The number of aromatic amines is 1. The molecule has 0 amide bonds. The number of nitrogens with one attached hydrogen (secondary N) is 2. The molecule has 22 heavy (non-hydrogen) atoms. The number of anilines is 1. The van der Waals surface area contributed by atoms with E-state index >= 15 is 0 Å². The second-order valence-corrected chi connectivity index (χ2v) is 7.66. The van der Waals surface area contributed by atoms with Gasteiger partial charge in [-0.15, -0.1) is 0 Å². The molecule has 3 heterocycles. The smallest absolute Gasteiger partial charge is 0.214 e. The monoisotopic (exact) mass is 326 g/mol. The fourth-order valence-corrected chi connectivity index (χ4v) is 3.56. The zero-order chi connectivity index (χ0) is 15.7. The van der Waals surface area contributed by atoms with Crippen LogP contribution in [0.5, 0.6) is 0 Å². The lowest BCUT2D eigenvalue weighted by Crippen LogP contribution is -2.37. The third-order valence-electron chi connectivity index (χ3n) is 3.72. The van der Waals surface area contributed by atoms with Gasteiger partial charge in [-0.05, 0) is 0 Å². The molecule has 0 radical (unpaired) electrons. The van der Waals surface area contributed by atoms with Gasteiger partial charge in [0.25, 0.3) is 0 Å². The van der Waals surface area contributed by atoms with Gasteiger partial charge in [-0.25, -0.2) is 27.7 Å². The van der Waals surface area contributed by atoms with E-state index in [1.807, 2.05) is 0 Å². The Morgan fingerprint density at radius 2 is 2.18 bits per heavy atom. The first-order valence-corrected chi connectivity index (χ1v) is 8.47. The molecule has 0 aromatic carbocycles. The molecule has 120 valence electrons. The van der Waals surface area contributed by atoms with Gasteiger partial charge in [0.1, 0.15) is 11.8 Å². The van der Waals surface area contributed by atoms with Crippen molar-refractivity contribution >= 4 is 27.0 Å². The van der Waals surface area contributed by atoms with E-state index in [9.17, 15) is 8.42 Å². The summed E-state index contributed by atoms with van der Waals surface area (Å²) in [4.78, 5) is 15.3. The fourth-order valence-electron chi connectivity index (χ4n) is 2.39. The number of rotatable bonds is 5. The first kappa shape index (κ1) is 15.1. The number of nitrogens with zero attached hydrogens (tertiary/aromatic N) is 4. The number of hydrogen-bond donors (Lipinski definition) is 2. The maximum Gasteiger partial charge on any atom is 0.214 e. The second kappa shape index (κ2) is 5.78. The van der Waals surface area contributed by atoms with Gasteiger partial charge in [-0.3, -0.25) is 0 Å². The van der Waals surface area contributed by atoms with Crippen molar-refractivity contribution in [1.82, 2.24) is 24.2 Å². The Morgan fingerprint density at radius 3 is 2.95 bits per heavy atom.